The molecule has 0 amide bonds. The zero-order valence-electron chi connectivity index (χ0n) is 9.41. The first kappa shape index (κ1) is 12.3. The Morgan fingerprint density at radius 3 is 2.79 bits per heavy atom. The number of thioether (sulfide) groups is 1. The fourth-order valence-corrected chi connectivity index (χ4v) is 2.62. The van der Waals surface area contributed by atoms with Gasteiger partial charge in [0.25, 0.3) is 0 Å². The second-order valence-electron chi connectivity index (χ2n) is 4.37. The van der Waals surface area contributed by atoms with Gasteiger partial charge in [0.15, 0.2) is 0 Å². The SMILES string of the molecule is CSCCCN(C)CC1CCCC1O. The molecule has 3 heteroatoms. The maximum atomic E-state index is 9.68. The number of nitrogens with zero attached hydrogens (tertiary/aromatic N) is 1. The van der Waals surface area contributed by atoms with Crippen LogP contribution in [0.5, 0.6) is 0 Å². The van der Waals surface area contributed by atoms with Crippen molar-refractivity contribution in [1.82, 2.24) is 4.90 Å². The van der Waals surface area contributed by atoms with E-state index in [9.17, 15) is 5.11 Å². The Kier molecular flexibility index (Phi) is 5.90. The van der Waals surface area contributed by atoms with Crippen LogP contribution in [-0.2, 0) is 0 Å². The van der Waals surface area contributed by atoms with Crippen LogP contribution in [0.15, 0.2) is 0 Å². The lowest BCUT2D eigenvalue weighted by Crippen LogP contribution is -2.30. The molecular weight excluding hydrogens is 194 g/mol. The molecule has 1 aliphatic carbocycles. The van der Waals surface area contributed by atoms with Crippen LogP contribution in [0.2, 0.25) is 0 Å². The fourth-order valence-electron chi connectivity index (χ4n) is 2.20. The minimum absolute atomic E-state index is 0.0296. The van der Waals surface area contributed by atoms with Gasteiger partial charge in [-0.05, 0) is 50.8 Å². The Labute approximate surface area is 92.1 Å². The number of aliphatic hydroxyl groups is 1. The average Bonchev–Trinajstić information content (AvgIpc) is 2.52. The molecule has 2 atom stereocenters. The van der Waals surface area contributed by atoms with Crippen LogP contribution in [0, 0.1) is 5.92 Å². The predicted octanol–water partition coefficient (Wildman–Crippen LogP) is 1.83. The molecule has 0 radical (unpaired) electrons. The quantitative estimate of drug-likeness (QED) is 0.687. The number of hydrogen-bond donors (Lipinski definition) is 1. The molecule has 1 saturated carbocycles. The molecule has 0 aromatic heterocycles. The highest BCUT2D eigenvalue weighted by Gasteiger charge is 2.25. The molecule has 0 aromatic carbocycles. The summed E-state index contributed by atoms with van der Waals surface area (Å²) in [5.41, 5.74) is 0. The first-order chi connectivity index (χ1) is 6.74. The van der Waals surface area contributed by atoms with E-state index in [4.69, 9.17) is 0 Å². The van der Waals surface area contributed by atoms with E-state index in [2.05, 4.69) is 18.2 Å². The zero-order valence-corrected chi connectivity index (χ0v) is 10.2. The van der Waals surface area contributed by atoms with Crippen LogP contribution in [-0.4, -0.2) is 48.3 Å². The van der Waals surface area contributed by atoms with Crippen molar-refractivity contribution in [3.63, 3.8) is 0 Å². The number of aliphatic hydroxyl groups excluding tert-OH is 1. The van der Waals surface area contributed by atoms with Crippen LogP contribution in [0.1, 0.15) is 25.7 Å². The summed E-state index contributed by atoms with van der Waals surface area (Å²) in [7, 11) is 2.17. The van der Waals surface area contributed by atoms with Crippen molar-refractivity contribution in [2.45, 2.75) is 31.8 Å². The van der Waals surface area contributed by atoms with Gasteiger partial charge in [-0.2, -0.15) is 11.8 Å². The highest BCUT2D eigenvalue weighted by atomic mass is 32.2. The van der Waals surface area contributed by atoms with E-state index in [1.165, 1.54) is 31.6 Å². The molecule has 0 bridgehead atoms. The van der Waals surface area contributed by atoms with E-state index in [0.29, 0.717) is 5.92 Å². The molecule has 0 aliphatic heterocycles. The van der Waals surface area contributed by atoms with Crippen molar-refractivity contribution >= 4 is 11.8 Å². The van der Waals surface area contributed by atoms with Gasteiger partial charge in [-0.25, -0.2) is 0 Å². The van der Waals surface area contributed by atoms with E-state index in [1.807, 2.05) is 11.8 Å². The van der Waals surface area contributed by atoms with Gasteiger partial charge in [0.05, 0.1) is 6.10 Å². The van der Waals surface area contributed by atoms with Gasteiger partial charge in [-0.3, -0.25) is 0 Å². The van der Waals surface area contributed by atoms with Gasteiger partial charge in [0, 0.05) is 6.54 Å². The van der Waals surface area contributed by atoms with Gasteiger partial charge in [0.1, 0.15) is 0 Å². The summed E-state index contributed by atoms with van der Waals surface area (Å²) in [6, 6.07) is 0. The number of hydrogen-bond acceptors (Lipinski definition) is 3. The summed E-state index contributed by atoms with van der Waals surface area (Å²) in [5, 5.41) is 9.68. The Bertz CT molecular complexity index is 154. The molecular formula is C11H23NOS. The van der Waals surface area contributed by atoms with Gasteiger partial charge >= 0.3 is 0 Å². The Hall–Kier alpha value is 0.270. The van der Waals surface area contributed by atoms with E-state index in [-0.39, 0.29) is 6.10 Å². The summed E-state index contributed by atoms with van der Waals surface area (Å²) in [4.78, 5) is 2.37. The largest absolute Gasteiger partial charge is 0.393 e. The van der Waals surface area contributed by atoms with Gasteiger partial charge in [-0.15, -0.1) is 0 Å². The van der Waals surface area contributed by atoms with Gasteiger partial charge < -0.3 is 10.0 Å². The minimum atomic E-state index is -0.0296. The Morgan fingerprint density at radius 1 is 1.43 bits per heavy atom. The highest BCUT2D eigenvalue weighted by Crippen LogP contribution is 2.25. The third kappa shape index (κ3) is 4.20. The van der Waals surface area contributed by atoms with E-state index >= 15 is 0 Å². The van der Waals surface area contributed by atoms with Crippen LogP contribution < -0.4 is 0 Å². The standard InChI is InChI=1S/C11H23NOS/c1-12(7-4-8-14-2)9-10-5-3-6-11(10)13/h10-11,13H,3-9H2,1-2H3. The second-order valence-corrected chi connectivity index (χ2v) is 5.35. The Morgan fingerprint density at radius 2 is 2.21 bits per heavy atom. The molecule has 1 fully saturated rings. The molecule has 84 valence electrons. The summed E-state index contributed by atoms with van der Waals surface area (Å²) in [6.07, 6.45) is 6.83. The van der Waals surface area contributed by atoms with Crippen LogP contribution in [0.4, 0.5) is 0 Å². The predicted molar refractivity (Wildman–Crippen MR) is 63.8 cm³/mol. The van der Waals surface area contributed by atoms with Crippen molar-refractivity contribution in [2.24, 2.45) is 5.92 Å². The smallest absolute Gasteiger partial charge is 0.0580 e. The van der Waals surface area contributed by atoms with Gasteiger partial charge in [-0.1, -0.05) is 6.42 Å². The monoisotopic (exact) mass is 217 g/mol. The lowest BCUT2D eigenvalue weighted by Gasteiger charge is -2.22. The van der Waals surface area contributed by atoms with Crippen molar-refractivity contribution in [2.75, 3.05) is 32.1 Å². The third-order valence-electron chi connectivity index (χ3n) is 3.05. The molecule has 0 spiro atoms. The molecule has 1 N–H and O–H groups in total. The van der Waals surface area contributed by atoms with E-state index < -0.39 is 0 Å². The van der Waals surface area contributed by atoms with Crippen molar-refractivity contribution in [3.05, 3.63) is 0 Å². The molecule has 2 unspecified atom stereocenters. The van der Waals surface area contributed by atoms with Crippen LogP contribution >= 0.6 is 11.8 Å². The topological polar surface area (TPSA) is 23.5 Å². The van der Waals surface area contributed by atoms with E-state index in [1.54, 1.807) is 0 Å². The molecule has 14 heavy (non-hydrogen) atoms. The molecule has 0 aromatic rings. The van der Waals surface area contributed by atoms with Crippen molar-refractivity contribution in [3.8, 4) is 0 Å². The maximum absolute atomic E-state index is 9.68. The second kappa shape index (κ2) is 6.70. The fraction of sp³-hybridized carbons (Fsp3) is 1.00. The van der Waals surface area contributed by atoms with E-state index in [0.717, 1.165) is 13.0 Å². The first-order valence-electron chi connectivity index (χ1n) is 5.59. The van der Waals surface area contributed by atoms with Crippen LogP contribution in [0.3, 0.4) is 0 Å². The molecule has 2 nitrogen and oxygen atoms in total. The number of rotatable bonds is 6. The minimum Gasteiger partial charge on any atom is -0.393 e. The van der Waals surface area contributed by atoms with Crippen LogP contribution in [0.25, 0.3) is 0 Å². The summed E-state index contributed by atoms with van der Waals surface area (Å²) in [5.74, 6) is 1.78. The third-order valence-corrected chi connectivity index (χ3v) is 3.75. The Balaban J connectivity index is 2.09. The normalized spacial score (nSPS) is 27.4. The summed E-state index contributed by atoms with van der Waals surface area (Å²) in [6.45, 7) is 2.25. The maximum Gasteiger partial charge on any atom is 0.0580 e. The molecule has 0 saturated heterocycles. The summed E-state index contributed by atoms with van der Waals surface area (Å²) < 4.78 is 0. The van der Waals surface area contributed by atoms with Crippen molar-refractivity contribution in [1.29, 1.82) is 0 Å². The molecule has 0 heterocycles. The lowest BCUT2D eigenvalue weighted by atomic mass is 10.1. The zero-order chi connectivity index (χ0) is 10.4. The first-order valence-corrected chi connectivity index (χ1v) is 6.99. The van der Waals surface area contributed by atoms with Crippen molar-refractivity contribution < 1.29 is 5.11 Å². The molecule has 1 rings (SSSR count). The highest BCUT2D eigenvalue weighted by molar-refractivity contribution is 7.98. The molecule has 1 aliphatic rings. The summed E-state index contributed by atoms with van der Waals surface area (Å²) >= 11 is 1.91. The lowest BCUT2D eigenvalue weighted by molar-refractivity contribution is 0.109. The van der Waals surface area contributed by atoms with Gasteiger partial charge in [0.2, 0.25) is 0 Å². The average molecular weight is 217 g/mol.